The van der Waals surface area contributed by atoms with Crippen molar-refractivity contribution in [3.8, 4) is 0 Å². The number of nitrogens with zero attached hydrogens (tertiary/aromatic N) is 1. The zero-order chi connectivity index (χ0) is 12.7. The molecule has 92 valence electrons. The van der Waals surface area contributed by atoms with E-state index in [1.165, 1.54) is 12.1 Å². The Balaban J connectivity index is 2.61. The number of amides is 1. The first kappa shape index (κ1) is 13.1. The number of unbranched alkanes of at least 4 members (excludes halogenated alkanes) is 1. The zero-order valence-electron chi connectivity index (χ0n) is 9.26. The summed E-state index contributed by atoms with van der Waals surface area (Å²) in [7, 11) is 0. The average molecular weight is 238 g/mol. The highest BCUT2D eigenvalue weighted by Gasteiger charge is 2.14. The molecule has 1 aromatic carbocycles. The van der Waals surface area contributed by atoms with Crippen molar-refractivity contribution in [1.82, 2.24) is 0 Å². The molecule has 0 unspecified atom stereocenters. The van der Waals surface area contributed by atoms with Crippen LogP contribution in [0.5, 0.6) is 0 Å². The lowest BCUT2D eigenvalue weighted by atomic mass is 10.2. The number of nitro groups is 1. The summed E-state index contributed by atoms with van der Waals surface area (Å²) in [5.41, 5.74) is 0.0782. The largest absolute Gasteiger partial charge is 0.396 e. The Morgan fingerprint density at radius 2 is 2.06 bits per heavy atom. The predicted octanol–water partition coefficient (Wildman–Crippen LogP) is 1.70. The molecule has 6 nitrogen and oxygen atoms in total. The molecule has 0 aliphatic heterocycles. The van der Waals surface area contributed by atoms with Gasteiger partial charge in [0.15, 0.2) is 0 Å². The smallest absolute Gasteiger partial charge is 0.292 e. The van der Waals surface area contributed by atoms with Gasteiger partial charge in [-0.25, -0.2) is 0 Å². The van der Waals surface area contributed by atoms with E-state index in [-0.39, 0.29) is 30.3 Å². The Hall–Kier alpha value is -1.95. The highest BCUT2D eigenvalue weighted by Crippen LogP contribution is 2.23. The van der Waals surface area contributed by atoms with Crippen molar-refractivity contribution < 1.29 is 14.8 Å². The van der Waals surface area contributed by atoms with Crippen LogP contribution in [-0.2, 0) is 4.79 Å². The normalized spacial score (nSPS) is 9.94. The minimum atomic E-state index is -0.538. The number of carbonyl (C=O) groups excluding carboxylic acids is 1. The van der Waals surface area contributed by atoms with Gasteiger partial charge >= 0.3 is 0 Å². The first-order chi connectivity index (χ1) is 8.15. The maximum absolute atomic E-state index is 11.4. The molecule has 1 amide bonds. The van der Waals surface area contributed by atoms with E-state index in [9.17, 15) is 14.9 Å². The monoisotopic (exact) mass is 238 g/mol. The van der Waals surface area contributed by atoms with Crippen LogP contribution in [0.15, 0.2) is 24.3 Å². The van der Waals surface area contributed by atoms with Gasteiger partial charge in [-0.2, -0.15) is 0 Å². The molecule has 0 fully saturated rings. The summed E-state index contributed by atoms with van der Waals surface area (Å²) in [4.78, 5) is 21.6. The molecule has 0 saturated heterocycles. The standard InChI is InChI=1S/C11H14N2O4/c14-8-4-3-7-11(15)12-9-5-1-2-6-10(9)13(16)17/h1-2,5-6,14H,3-4,7-8H2,(H,12,15). The first-order valence-corrected chi connectivity index (χ1v) is 5.29. The van der Waals surface area contributed by atoms with Crippen molar-refractivity contribution in [3.63, 3.8) is 0 Å². The van der Waals surface area contributed by atoms with Crippen molar-refractivity contribution in [3.05, 3.63) is 34.4 Å². The van der Waals surface area contributed by atoms with E-state index >= 15 is 0 Å². The minimum absolute atomic E-state index is 0.0404. The average Bonchev–Trinajstić information content (AvgIpc) is 2.29. The van der Waals surface area contributed by atoms with Gasteiger partial charge in [-0.05, 0) is 18.9 Å². The van der Waals surface area contributed by atoms with E-state index in [2.05, 4.69) is 5.32 Å². The van der Waals surface area contributed by atoms with Crippen molar-refractivity contribution in [2.75, 3.05) is 11.9 Å². The highest BCUT2D eigenvalue weighted by molar-refractivity contribution is 5.92. The number of benzene rings is 1. The van der Waals surface area contributed by atoms with E-state index in [4.69, 9.17) is 5.11 Å². The van der Waals surface area contributed by atoms with Crippen molar-refractivity contribution in [2.24, 2.45) is 0 Å². The summed E-state index contributed by atoms with van der Waals surface area (Å²) in [5.74, 6) is -0.284. The number of anilines is 1. The van der Waals surface area contributed by atoms with Crippen LogP contribution >= 0.6 is 0 Å². The molecule has 0 bridgehead atoms. The molecule has 6 heteroatoms. The maximum Gasteiger partial charge on any atom is 0.292 e. The molecule has 17 heavy (non-hydrogen) atoms. The Morgan fingerprint density at radius 3 is 2.71 bits per heavy atom. The summed E-state index contributed by atoms with van der Waals surface area (Å²) in [5, 5.41) is 21.7. The quantitative estimate of drug-likeness (QED) is 0.448. The fourth-order valence-electron chi connectivity index (χ4n) is 1.35. The number of nitro benzene ring substituents is 1. The molecule has 1 aromatic rings. The Morgan fingerprint density at radius 1 is 1.35 bits per heavy atom. The maximum atomic E-state index is 11.4. The predicted molar refractivity (Wildman–Crippen MR) is 62.7 cm³/mol. The van der Waals surface area contributed by atoms with Gasteiger partial charge in [0.05, 0.1) is 4.92 Å². The van der Waals surface area contributed by atoms with Crippen LogP contribution in [0.4, 0.5) is 11.4 Å². The van der Waals surface area contributed by atoms with Crippen LogP contribution in [-0.4, -0.2) is 22.5 Å². The van der Waals surface area contributed by atoms with Gasteiger partial charge in [0.25, 0.3) is 5.69 Å². The third-order valence-corrected chi connectivity index (χ3v) is 2.19. The van der Waals surface area contributed by atoms with Gasteiger partial charge in [-0.1, -0.05) is 12.1 Å². The molecule has 0 radical (unpaired) electrons. The van der Waals surface area contributed by atoms with E-state index in [0.717, 1.165) is 0 Å². The van der Waals surface area contributed by atoms with Gasteiger partial charge in [0.2, 0.25) is 5.91 Å². The number of para-hydroxylation sites is 2. The summed E-state index contributed by atoms with van der Waals surface area (Å²) in [6.07, 6.45) is 1.35. The van der Waals surface area contributed by atoms with Gasteiger partial charge in [-0.3, -0.25) is 14.9 Å². The molecule has 1 rings (SSSR count). The summed E-state index contributed by atoms with van der Waals surface area (Å²) >= 11 is 0. The van der Waals surface area contributed by atoms with Crippen molar-refractivity contribution >= 4 is 17.3 Å². The molecule has 0 atom stereocenters. The fourth-order valence-corrected chi connectivity index (χ4v) is 1.35. The van der Waals surface area contributed by atoms with Crippen molar-refractivity contribution in [1.29, 1.82) is 0 Å². The second-order valence-corrected chi connectivity index (χ2v) is 3.50. The Bertz CT molecular complexity index is 406. The third kappa shape index (κ3) is 4.20. The molecule has 2 N–H and O–H groups in total. The lowest BCUT2D eigenvalue weighted by Crippen LogP contribution is -2.12. The number of rotatable bonds is 6. The second kappa shape index (κ2) is 6.59. The van der Waals surface area contributed by atoms with Crippen LogP contribution < -0.4 is 5.32 Å². The van der Waals surface area contributed by atoms with Gasteiger partial charge in [0, 0.05) is 19.1 Å². The molecule has 0 heterocycles. The van der Waals surface area contributed by atoms with Crippen molar-refractivity contribution in [2.45, 2.75) is 19.3 Å². The van der Waals surface area contributed by atoms with Gasteiger partial charge < -0.3 is 10.4 Å². The van der Waals surface area contributed by atoms with Crippen LogP contribution in [0.3, 0.4) is 0 Å². The summed E-state index contributed by atoms with van der Waals surface area (Å²) in [6.45, 7) is 0.0404. The number of nitrogens with one attached hydrogen (secondary N) is 1. The Kier molecular flexibility index (Phi) is 5.09. The lowest BCUT2D eigenvalue weighted by Gasteiger charge is -2.05. The lowest BCUT2D eigenvalue weighted by molar-refractivity contribution is -0.383. The SMILES string of the molecule is O=C(CCCCO)Nc1ccccc1[N+](=O)[O-]. The first-order valence-electron chi connectivity index (χ1n) is 5.29. The minimum Gasteiger partial charge on any atom is -0.396 e. The molecule has 0 aliphatic rings. The summed E-state index contributed by atoms with van der Waals surface area (Å²) < 4.78 is 0. The molecule has 0 saturated carbocycles. The van der Waals surface area contributed by atoms with Gasteiger partial charge in [0.1, 0.15) is 5.69 Å². The molecular formula is C11H14N2O4. The number of aliphatic hydroxyl groups excluding tert-OH is 1. The molecule has 0 aliphatic carbocycles. The number of aliphatic hydroxyl groups is 1. The number of carbonyl (C=O) groups is 1. The Labute approximate surface area is 98.4 Å². The second-order valence-electron chi connectivity index (χ2n) is 3.50. The topological polar surface area (TPSA) is 92.5 Å². The van der Waals surface area contributed by atoms with Gasteiger partial charge in [-0.15, -0.1) is 0 Å². The molecular weight excluding hydrogens is 224 g/mol. The van der Waals surface area contributed by atoms with Crippen LogP contribution in [0.25, 0.3) is 0 Å². The fraction of sp³-hybridized carbons (Fsp3) is 0.364. The third-order valence-electron chi connectivity index (χ3n) is 2.19. The molecule has 0 spiro atoms. The van der Waals surface area contributed by atoms with Crippen LogP contribution in [0, 0.1) is 10.1 Å². The summed E-state index contributed by atoms with van der Waals surface area (Å²) in [6, 6.07) is 5.99. The zero-order valence-corrected chi connectivity index (χ0v) is 9.26. The van der Waals surface area contributed by atoms with E-state index < -0.39 is 4.92 Å². The van der Waals surface area contributed by atoms with E-state index in [0.29, 0.717) is 12.8 Å². The highest BCUT2D eigenvalue weighted by atomic mass is 16.6. The molecule has 0 aromatic heterocycles. The number of hydrogen-bond donors (Lipinski definition) is 2. The van der Waals surface area contributed by atoms with E-state index in [1.54, 1.807) is 12.1 Å². The number of hydrogen-bond acceptors (Lipinski definition) is 4. The van der Waals surface area contributed by atoms with Crippen LogP contribution in [0.1, 0.15) is 19.3 Å². The van der Waals surface area contributed by atoms with E-state index in [1.807, 2.05) is 0 Å². The van der Waals surface area contributed by atoms with Crippen LogP contribution in [0.2, 0.25) is 0 Å².